The van der Waals surface area contributed by atoms with Gasteiger partial charge in [-0.3, -0.25) is 0 Å². The van der Waals surface area contributed by atoms with Gasteiger partial charge in [0.15, 0.2) is 0 Å². The summed E-state index contributed by atoms with van der Waals surface area (Å²) in [6.07, 6.45) is 0. The third-order valence-electron chi connectivity index (χ3n) is 13.5. The first kappa shape index (κ1) is 36.8. The summed E-state index contributed by atoms with van der Waals surface area (Å²) in [6, 6.07) is 78.7. The minimum atomic E-state index is -0.151. The van der Waals surface area contributed by atoms with Gasteiger partial charge in [0.05, 0.1) is 5.69 Å². The van der Waals surface area contributed by atoms with Crippen molar-refractivity contribution >= 4 is 17.1 Å². The van der Waals surface area contributed by atoms with Crippen LogP contribution in [0.3, 0.4) is 0 Å². The van der Waals surface area contributed by atoms with Crippen LogP contribution in [-0.2, 0) is 10.8 Å². The van der Waals surface area contributed by atoms with E-state index in [0.717, 1.165) is 17.1 Å². The summed E-state index contributed by atoms with van der Waals surface area (Å²) >= 11 is 0. The van der Waals surface area contributed by atoms with Gasteiger partial charge in [-0.05, 0) is 114 Å². The van der Waals surface area contributed by atoms with E-state index in [1.54, 1.807) is 0 Å². The molecule has 1 nitrogen and oxygen atoms in total. The van der Waals surface area contributed by atoms with Crippen LogP contribution in [0.4, 0.5) is 17.1 Å². The third kappa shape index (κ3) is 5.91. The van der Waals surface area contributed by atoms with Gasteiger partial charge in [-0.1, -0.05) is 210 Å². The van der Waals surface area contributed by atoms with Crippen molar-refractivity contribution in [1.82, 2.24) is 0 Å². The number of nitrogens with zero attached hydrogens (tertiary/aromatic N) is 1. The molecule has 1 heteroatoms. The van der Waals surface area contributed by atoms with E-state index in [-0.39, 0.29) is 10.8 Å². The first-order valence-corrected chi connectivity index (χ1v) is 21.5. The summed E-state index contributed by atoms with van der Waals surface area (Å²) in [4.78, 5) is 2.54. The van der Waals surface area contributed by atoms with Crippen LogP contribution in [0, 0.1) is 0 Å². The van der Waals surface area contributed by atoms with Gasteiger partial charge in [-0.2, -0.15) is 0 Å². The number of benzene rings is 9. The van der Waals surface area contributed by atoms with Crippen molar-refractivity contribution in [2.45, 2.75) is 38.5 Å². The highest BCUT2D eigenvalue weighted by Gasteiger charge is 2.38. The van der Waals surface area contributed by atoms with Crippen LogP contribution in [0.1, 0.15) is 49.9 Å². The van der Waals surface area contributed by atoms with Crippen LogP contribution in [-0.4, -0.2) is 0 Å². The lowest BCUT2D eigenvalue weighted by Crippen LogP contribution is -2.18. The van der Waals surface area contributed by atoms with E-state index in [1.165, 1.54) is 89.0 Å². The maximum atomic E-state index is 2.54. The molecular formula is C60H47N. The molecule has 0 atom stereocenters. The standard InChI is InChI=1S/C60H47N/c1-59(2)53-27-15-13-24-48(53)50-36-34-44(38-55(50)59)61(45-35-37-51-49-25-14-16-28-54(49)60(3,4)56(51)39-45)57-29-17-26-52(47-23-12-11-22-46(47)42-20-9-6-10-21-42)58(57)43-32-30-41(31-33-43)40-18-7-5-8-19-40/h5-39H,1-4H3. The zero-order valence-corrected chi connectivity index (χ0v) is 35.2. The van der Waals surface area contributed by atoms with Crippen molar-refractivity contribution < 1.29 is 0 Å². The average molecular weight is 782 g/mol. The Morgan fingerprint density at radius 1 is 0.279 bits per heavy atom. The zero-order valence-electron chi connectivity index (χ0n) is 35.2. The van der Waals surface area contributed by atoms with Gasteiger partial charge in [-0.15, -0.1) is 0 Å². The number of anilines is 3. The van der Waals surface area contributed by atoms with E-state index in [2.05, 4.69) is 245 Å². The van der Waals surface area contributed by atoms with Crippen LogP contribution in [0.25, 0.3) is 66.8 Å². The van der Waals surface area contributed by atoms with Gasteiger partial charge < -0.3 is 4.90 Å². The molecule has 0 radical (unpaired) electrons. The Labute approximate surface area is 360 Å². The lowest BCUT2D eigenvalue weighted by molar-refractivity contribution is 0.660. The van der Waals surface area contributed by atoms with Crippen molar-refractivity contribution in [2.24, 2.45) is 0 Å². The second-order valence-electron chi connectivity index (χ2n) is 17.7. The normalized spacial score (nSPS) is 13.8. The number of fused-ring (bicyclic) bond motifs is 6. The zero-order chi connectivity index (χ0) is 41.3. The minimum Gasteiger partial charge on any atom is -0.310 e. The molecule has 0 bridgehead atoms. The first-order chi connectivity index (χ1) is 29.8. The Balaban J connectivity index is 1.19. The highest BCUT2D eigenvalue weighted by molar-refractivity contribution is 6.01. The fraction of sp³-hybridized carbons (Fsp3) is 0.100. The van der Waals surface area contributed by atoms with E-state index >= 15 is 0 Å². The quantitative estimate of drug-likeness (QED) is 0.156. The number of hydrogen-bond donors (Lipinski definition) is 0. The summed E-state index contributed by atoms with van der Waals surface area (Å²) in [5, 5.41) is 0. The maximum Gasteiger partial charge on any atom is 0.0546 e. The van der Waals surface area contributed by atoms with Crippen LogP contribution in [0.5, 0.6) is 0 Å². The Morgan fingerprint density at radius 3 is 1.25 bits per heavy atom. The van der Waals surface area contributed by atoms with E-state index in [4.69, 9.17) is 0 Å². The van der Waals surface area contributed by atoms with E-state index in [1.807, 2.05) is 0 Å². The summed E-state index contributed by atoms with van der Waals surface area (Å²) < 4.78 is 0. The van der Waals surface area contributed by atoms with Crippen LogP contribution in [0.15, 0.2) is 212 Å². The van der Waals surface area contributed by atoms with Crippen molar-refractivity contribution in [1.29, 1.82) is 0 Å². The average Bonchev–Trinajstić information content (AvgIpc) is 3.68. The van der Waals surface area contributed by atoms with Crippen molar-refractivity contribution in [2.75, 3.05) is 4.90 Å². The fourth-order valence-corrected chi connectivity index (χ4v) is 10.4. The van der Waals surface area contributed by atoms with E-state index in [9.17, 15) is 0 Å². The van der Waals surface area contributed by atoms with Crippen molar-refractivity contribution in [3.05, 3.63) is 235 Å². The molecule has 0 amide bonds. The Hall–Kier alpha value is -7.22. The number of hydrogen-bond acceptors (Lipinski definition) is 1. The summed E-state index contributed by atoms with van der Waals surface area (Å²) in [6.45, 7) is 9.51. The molecule has 0 aromatic heterocycles. The summed E-state index contributed by atoms with van der Waals surface area (Å²) in [5.41, 5.74) is 23.4. The molecule has 0 unspecified atom stereocenters. The van der Waals surface area contributed by atoms with Gasteiger partial charge in [0.25, 0.3) is 0 Å². The topological polar surface area (TPSA) is 3.24 Å². The molecule has 9 aromatic carbocycles. The van der Waals surface area contributed by atoms with Crippen LogP contribution in [0.2, 0.25) is 0 Å². The Bertz CT molecular complexity index is 3010. The predicted octanol–water partition coefficient (Wildman–Crippen LogP) is 16.4. The second-order valence-corrected chi connectivity index (χ2v) is 17.7. The molecule has 0 aliphatic heterocycles. The molecule has 11 rings (SSSR count). The summed E-state index contributed by atoms with van der Waals surface area (Å²) in [7, 11) is 0. The molecule has 0 N–H and O–H groups in total. The molecule has 0 fully saturated rings. The summed E-state index contributed by atoms with van der Waals surface area (Å²) in [5.74, 6) is 0. The van der Waals surface area contributed by atoms with Crippen LogP contribution >= 0.6 is 0 Å². The second kappa shape index (κ2) is 14.2. The highest BCUT2D eigenvalue weighted by atomic mass is 15.1. The molecule has 0 heterocycles. The molecule has 0 saturated carbocycles. The maximum absolute atomic E-state index is 2.54. The van der Waals surface area contributed by atoms with Gasteiger partial charge in [0, 0.05) is 27.8 Å². The number of rotatable bonds is 7. The molecule has 2 aliphatic carbocycles. The smallest absolute Gasteiger partial charge is 0.0546 e. The lowest BCUT2D eigenvalue weighted by atomic mass is 9.82. The van der Waals surface area contributed by atoms with Gasteiger partial charge >= 0.3 is 0 Å². The van der Waals surface area contributed by atoms with E-state index < -0.39 is 0 Å². The lowest BCUT2D eigenvalue weighted by Gasteiger charge is -2.32. The Kier molecular flexibility index (Phi) is 8.58. The monoisotopic (exact) mass is 781 g/mol. The Morgan fingerprint density at radius 2 is 0.689 bits per heavy atom. The molecule has 0 spiro atoms. The highest BCUT2D eigenvalue weighted by Crippen LogP contribution is 2.55. The molecular weight excluding hydrogens is 735 g/mol. The largest absolute Gasteiger partial charge is 0.310 e. The first-order valence-electron chi connectivity index (χ1n) is 21.5. The molecule has 61 heavy (non-hydrogen) atoms. The molecule has 0 saturated heterocycles. The SMILES string of the molecule is CC1(C)c2ccccc2-c2ccc(N(c3ccc4c(c3)C(C)(C)c3ccccc3-4)c3cccc(-c4ccccc4-c4ccccc4)c3-c3ccc(-c4ccccc4)cc3)cc21. The minimum absolute atomic E-state index is 0.151. The van der Waals surface area contributed by atoms with Crippen LogP contribution < -0.4 is 4.90 Å². The van der Waals surface area contributed by atoms with Gasteiger partial charge in [0.1, 0.15) is 0 Å². The molecule has 9 aromatic rings. The van der Waals surface area contributed by atoms with Gasteiger partial charge in [-0.25, -0.2) is 0 Å². The van der Waals surface area contributed by atoms with Crippen molar-refractivity contribution in [3.8, 4) is 66.8 Å². The van der Waals surface area contributed by atoms with Crippen molar-refractivity contribution in [3.63, 3.8) is 0 Å². The van der Waals surface area contributed by atoms with E-state index in [0.29, 0.717) is 0 Å². The molecule has 2 aliphatic rings. The third-order valence-corrected chi connectivity index (χ3v) is 13.5. The fourth-order valence-electron chi connectivity index (χ4n) is 10.4. The predicted molar refractivity (Wildman–Crippen MR) is 258 cm³/mol. The van der Waals surface area contributed by atoms with Gasteiger partial charge in [0.2, 0.25) is 0 Å². The molecule has 292 valence electrons.